The summed E-state index contributed by atoms with van der Waals surface area (Å²) in [6.45, 7) is 6.31. The van der Waals surface area contributed by atoms with E-state index in [-0.39, 0.29) is 11.9 Å². The van der Waals surface area contributed by atoms with Crippen molar-refractivity contribution in [1.82, 2.24) is 10.3 Å². The van der Waals surface area contributed by atoms with Crippen LogP contribution >= 0.6 is 0 Å². The van der Waals surface area contributed by atoms with E-state index in [4.69, 9.17) is 4.74 Å². The minimum atomic E-state index is -0.102. The van der Waals surface area contributed by atoms with Gasteiger partial charge in [0.05, 0.1) is 24.8 Å². The highest BCUT2D eigenvalue weighted by molar-refractivity contribution is 5.76. The monoisotopic (exact) mass is 298 g/mol. The Balaban J connectivity index is 1.79. The van der Waals surface area contributed by atoms with Gasteiger partial charge in [0.2, 0.25) is 5.91 Å². The van der Waals surface area contributed by atoms with Crippen LogP contribution in [0.5, 0.6) is 5.75 Å². The van der Waals surface area contributed by atoms with E-state index >= 15 is 0 Å². The predicted molar refractivity (Wildman–Crippen MR) is 86.8 cm³/mol. The first-order chi connectivity index (χ1) is 10.6. The average Bonchev–Trinajstić information content (AvgIpc) is 2.51. The smallest absolute Gasteiger partial charge is 0.223 e. The maximum atomic E-state index is 11.9. The third-order valence-electron chi connectivity index (χ3n) is 3.44. The number of rotatable bonds is 6. The van der Waals surface area contributed by atoms with Gasteiger partial charge in [-0.2, -0.15) is 0 Å². The maximum Gasteiger partial charge on any atom is 0.223 e. The Labute approximate surface area is 131 Å². The molecule has 0 aliphatic heterocycles. The van der Waals surface area contributed by atoms with Gasteiger partial charge in [-0.1, -0.05) is 18.2 Å². The Hall–Kier alpha value is -2.36. The number of aryl methyl sites for hydroxylation is 2. The Morgan fingerprint density at radius 3 is 2.82 bits per heavy atom. The first kappa shape index (κ1) is 16.0. The number of hydrogen-bond donors (Lipinski definition) is 1. The van der Waals surface area contributed by atoms with Gasteiger partial charge in [-0.15, -0.1) is 0 Å². The standard InChI is InChI=1S/C18H22N2O2/c1-13-7-8-14(2)17(12-13)22-11-9-18(21)20-15(3)16-6-4-5-10-19-16/h4-8,10,12,15H,9,11H2,1-3H3,(H,20,21). The minimum Gasteiger partial charge on any atom is -0.493 e. The van der Waals surface area contributed by atoms with Gasteiger partial charge in [0, 0.05) is 6.20 Å². The minimum absolute atomic E-state index is 0.0385. The van der Waals surface area contributed by atoms with Gasteiger partial charge in [-0.3, -0.25) is 9.78 Å². The molecule has 4 heteroatoms. The van der Waals surface area contributed by atoms with E-state index in [9.17, 15) is 4.79 Å². The van der Waals surface area contributed by atoms with Gasteiger partial charge in [-0.25, -0.2) is 0 Å². The molecule has 0 aliphatic rings. The second-order valence-electron chi connectivity index (χ2n) is 5.41. The van der Waals surface area contributed by atoms with Gasteiger partial charge < -0.3 is 10.1 Å². The lowest BCUT2D eigenvalue weighted by atomic mass is 10.1. The van der Waals surface area contributed by atoms with E-state index in [0.717, 1.165) is 22.6 Å². The summed E-state index contributed by atoms with van der Waals surface area (Å²) in [5.74, 6) is 0.800. The SMILES string of the molecule is Cc1ccc(C)c(OCCC(=O)NC(C)c2ccccn2)c1. The molecule has 1 heterocycles. The van der Waals surface area contributed by atoms with Gasteiger partial charge in [0.25, 0.3) is 0 Å². The molecule has 0 aliphatic carbocycles. The van der Waals surface area contributed by atoms with Crippen LogP contribution in [0.1, 0.15) is 36.2 Å². The first-order valence-corrected chi connectivity index (χ1v) is 7.46. The van der Waals surface area contributed by atoms with Crippen molar-refractivity contribution in [3.8, 4) is 5.75 Å². The van der Waals surface area contributed by atoms with Crippen LogP contribution in [0.2, 0.25) is 0 Å². The van der Waals surface area contributed by atoms with Gasteiger partial charge in [-0.05, 0) is 50.1 Å². The molecule has 0 bridgehead atoms. The molecule has 116 valence electrons. The van der Waals surface area contributed by atoms with Crippen molar-refractivity contribution in [2.45, 2.75) is 33.2 Å². The zero-order valence-corrected chi connectivity index (χ0v) is 13.3. The predicted octanol–water partition coefficient (Wildman–Crippen LogP) is 3.34. The zero-order chi connectivity index (χ0) is 15.9. The summed E-state index contributed by atoms with van der Waals surface area (Å²) >= 11 is 0. The summed E-state index contributed by atoms with van der Waals surface area (Å²) in [4.78, 5) is 16.2. The van der Waals surface area contributed by atoms with E-state index < -0.39 is 0 Å². The zero-order valence-electron chi connectivity index (χ0n) is 13.3. The Morgan fingerprint density at radius 2 is 2.09 bits per heavy atom. The molecule has 0 spiro atoms. The number of ether oxygens (including phenoxy) is 1. The summed E-state index contributed by atoms with van der Waals surface area (Å²) in [6.07, 6.45) is 2.05. The van der Waals surface area contributed by atoms with Crippen molar-refractivity contribution in [2.75, 3.05) is 6.61 Å². The van der Waals surface area contributed by atoms with Crippen molar-refractivity contribution >= 4 is 5.91 Å². The second kappa shape index (κ2) is 7.59. The molecule has 2 aromatic rings. The molecule has 0 saturated carbocycles. The number of amides is 1. The average molecular weight is 298 g/mol. The number of hydrogen-bond acceptors (Lipinski definition) is 3. The molecule has 1 aromatic heterocycles. The fraction of sp³-hybridized carbons (Fsp3) is 0.333. The summed E-state index contributed by atoms with van der Waals surface area (Å²) in [5.41, 5.74) is 3.08. The van der Waals surface area contributed by atoms with E-state index in [1.165, 1.54) is 0 Å². The highest BCUT2D eigenvalue weighted by Gasteiger charge is 2.10. The summed E-state index contributed by atoms with van der Waals surface area (Å²) in [7, 11) is 0. The fourth-order valence-electron chi connectivity index (χ4n) is 2.14. The molecule has 22 heavy (non-hydrogen) atoms. The number of pyridine rings is 1. The molecule has 1 atom stereocenters. The van der Waals surface area contributed by atoms with Crippen LogP contribution in [0.3, 0.4) is 0 Å². The second-order valence-corrected chi connectivity index (χ2v) is 5.41. The molecule has 1 aromatic carbocycles. The number of nitrogens with one attached hydrogen (secondary N) is 1. The van der Waals surface area contributed by atoms with E-state index in [1.807, 2.05) is 57.2 Å². The molecule has 1 amide bonds. The Bertz CT molecular complexity index is 626. The van der Waals surface area contributed by atoms with Crippen LogP contribution in [0, 0.1) is 13.8 Å². The molecule has 2 rings (SSSR count). The highest BCUT2D eigenvalue weighted by Crippen LogP contribution is 2.19. The van der Waals surface area contributed by atoms with Crippen LogP contribution < -0.4 is 10.1 Å². The molecule has 1 unspecified atom stereocenters. The molecule has 0 fully saturated rings. The number of carbonyl (C=O) groups is 1. The molecule has 1 N–H and O–H groups in total. The van der Waals surface area contributed by atoms with Crippen LogP contribution in [-0.2, 0) is 4.79 Å². The van der Waals surface area contributed by atoms with Gasteiger partial charge >= 0.3 is 0 Å². The lowest BCUT2D eigenvalue weighted by Gasteiger charge is -2.14. The third kappa shape index (κ3) is 4.58. The lowest BCUT2D eigenvalue weighted by molar-refractivity contribution is -0.122. The van der Waals surface area contributed by atoms with Crippen LogP contribution in [0.25, 0.3) is 0 Å². The van der Waals surface area contributed by atoms with E-state index in [2.05, 4.69) is 10.3 Å². The quantitative estimate of drug-likeness (QED) is 0.890. The van der Waals surface area contributed by atoms with Gasteiger partial charge in [0.15, 0.2) is 0 Å². The van der Waals surface area contributed by atoms with Crippen molar-refractivity contribution in [3.05, 3.63) is 59.4 Å². The molecular formula is C18H22N2O2. The molecule has 0 radical (unpaired) electrons. The first-order valence-electron chi connectivity index (χ1n) is 7.46. The summed E-state index contributed by atoms with van der Waals surface area (Å²) in [6, 6.07) is 11.6. The largest absolute Gasteiger partial charge is 0.493 e. The van der Waals surface area contributed by atoms with Crippen molar-refractivity contribution in [2.24, 2.45) is 0 Å². The van der Waals surface area contributed by atoms with Crippen LogP contribution in [0.4, 0.5) is 0 Å². The lowest BCUT2D eigenvalue weighted by Crippen LogP contribution is -2.28. The third-order valence-corrected chi connectivity index (χ3v) is 3.44. The summed E-state index contributed by atoms with van der Waals surface area (Å²) in [5, 5.41) is 2.93. The normalized spacial score (nSPS) is 11.8. The fourth-order valence-corrected chi connectivity index (χ4v) is 2.14. The maximum absolute atomic E-state index is 11.9. The van der Waals surface area contributed by atoms with Crippen LogP contribution in [-0.4, -0.2) is 17.5 Å². The molecular weight excluding hydrogens is 276 g/mol. The Morgan fingerprint density at radius 1 is 1.27 bits per heavy atom. The number of aromatic nitrogens is 1. The molecule has 4 nitrogen and oxygen atoms in total. The van der Waals surface area contributed by atoms with Crippen molar-refractivity contribution < 1.29 is 9.53 Å². The topological polar surface area (TPSA) is 51.2 Å². The highest BCUT2D eigenvalue weighted by atomic mass is 16.5. The van der Waals surface area contributed by atoms with E-state index in [1.54, 1.807) is 6.20 Å². The number of carbonyl (C=O) groups excluding carboxylic acids is 1. The van der Waals surface area contributed by atoms with E-state index in [0.29, 0.717) is 13.0 Å². The summed E-state index contributed by atoms with van der Waals surface area (Å²) < 4.78 is 5.70. The van der Waals surface area contributed by atoms with Crippen molar-refractivity contribution in [3.63, 3.8) is 0 Å². The Kier molecular flexibility index (Phi) is 5.53. The number of benzene rings is 1. The molecule has 0 saturated heterocycles. The van der Waals surface area contributed by atoms with Gasteiger partial charge in [0.1, 0.15) is 5.75 Å². The van der Waals surface area contributed by atoms with Crippen molar-refractivity contribution in [1.29, 1.82) is 0 Å². The van der Waals surface area contributed by atoms with Crippen LogP contribution in [0.15, 0.2) is 42.6 Å². The number of nitrogens with zero attached hydrogens (tertiary/aromatic N) is 1.